The second-order valence-corrected chi connectivity index (χ2v) is 7.92. The molecule has 0 atom stereocenters. The van der Waals surface area contributed by atoms with E-state index in [0.717, 1.165) is 10.4 Å². The van der Waals surface area contributed by atoms with Gasteiger partial charge in [0.05, 0.1) is 26.5 Å². The zero-order chi connectivity index (χ0) is 16.9. The van der Waals surface area contributed by atoms with E-state index in [0.29, 0.717) is 17.2 Å². The lowest BCUT2D eigenvalue weighted by molar-refractivity contribution is 0.269. The fraction of sp³-hybridized carbons (Fsp3) is 0.294. The standard InChI is InChI=1S/C17H22O5Si/c1-18-13-11-15(19-2)17(16(12-13)20-3)23(21-4,22-5)14-9-7-6-8-10-14/h6-12H,1-5H3. The molecule has 6 heteroatoms. The average molecular weight is 334 g/mol. The van der Waals surface area contributed by atoms with Crippen molar-refractivity contribution in [2.45, 2.75) is 0 Å². The molecule has 0 aliphatic carbocycles. The summed E-state index contributed by atoms with van der Waals surface area (Å²) in [7, 11) is 5.13. The Morgan fingerprint density at radius 1 is 0.696 bits per heavy atom. The van der Waals surface area contributed by atoms with E-state index in [1.54, 1.807) is 47.7 Å². The van der Waals surface area contributed by atoms with Crippen molar-refractivity contribution in [1.82, 2.24) is 0 Å². The van der Waals surface area contributed by atoms with Crippen molar-refractivity contribution in [2.75, 3.05) is 35.5 Å². The molecule has 2 aromatic rings. The Morgan fingerprint density at radius 2 is 1.22 bits per heavy atom. The van der Waals surface area contributed by atoms with E-state index >= 15 is 0 Å². The largest absolute Gasteiger partial charge is 0.496 e. The monoisotopic (exact) mass is 334 g/mol. The SMILES string of the molecule is COc1cc(OC)c([Si](OC)(OC)c2ccccc2)c(OC)c1. The summed E-state index contributed by atoms with van der Waals surface area (Å²) in [6.45, 7) is 0. The van der Waals surface area contributed by atoms with Gasteiger partial charge in [0.25, 0.3) is 0 Å². The van der Waals surface area contributed by atoms with Crippen LogP contribution >= 0.6 is 0 Å². The highest BCUT2D eigenvalue weighted by atomic mass is 28.4. The molecule has 0 aliphatic rings. The van der Waals surface area contributed by atoms with Crippen LogP contribution in [0, 0.1) is 0 Å². The van der Waals surface area contributed by atoms with Crippen molar-refractivity contribution in [3.05, 3.63) is 42.5 Å². The molecule has 23 heavy (non-hydrogen) atoms. The minimum absolute atomic E-state index is 0.611. The molecule has 0 aliphatic heterocycles. The summed E-state index contributed by atoms with van der Waals surface area (Å²) in [4.78, 5) is 0. The van der Waals surface area contributed by atoms with E-state index in [1.807, 2.05) is 30.3 Å². The van der Waals surface area contributed by atoms with E-state index in [9.17, 15) is 0 Å². The lowest BCUT2D eigenvalue weighted by Crippen LogP contribution is -2.62. The van der Waals surface area contributed by atoms with Gasteiger partial charge >= 0.3 is 8.56 Å². The highest BCUT2D eigenvalue weighted by Crippen LogP contribution is 2.29. The topological polar surface area (TPSA) is 46.2 Å². The number of rotatable bonds is 7. The maximum absolute atomic E-state index is 5.93. The maximum atomic E-state index is 5.93. The number of hydrogen-bond acceptors (Lipinski definition) is 5. The van der Waals surface area contributed by atoms with E-state index in [1.165, 1.54) is 0 Å². The normalized spacial score (nSPS) is 11.2. The molecule has 0 unspecified atom stereocenters. The maximum Gasteiger partial charge on any atom is 0.414 e. The van der Waals surface area contributed by atoms with Crippen LogP contribution in [0.5, 0.6) is 17.2 Å². The third kappa shape index (κ3) is 3.05. The van der Waals surface area contributed by atoms with Gasteiger partial charge in [-0.2, -0.15) is 0 Å². The van der Waals surface area contributed by atoms with E-state index < -0.39 is 8.56 Å². The summed E-state index contributed by atoms with van der Waals surface area (Å²) >= 11 is 0. The van der Waals surface area contributed by atoms with Gasteiger partial charge in [-0.1, -0.05) is 30.3 Å². The second kappa shape index (κ2) is 7.50. The number of methoxy groups -OCH3 is 3. The molecule has 0 heterocycles. The predicted molar refractivity (Wildman–Crippen MR) is 91.6 cm³/mol. The fourth-order valence-electron chi connectivity index (χ4n) is 2.66. The van der Waals surface area contributed by atoms with Crippen molar-refractivity contribution in [3.8, 4) is 17.2 Å². The molecular weight excluding hydrogens is 312 g/mol. The van der Waals surface area contributed by atoms with Gasteiger partial charge in [0.1, 0.15) is 17.2 Å². The molecule has 0 amide bonds. The smallest absolute Gasteiger partial charge is 0.414 e. The molecule has 0 N–H and O–H groups in total. The Bertz CT molecular complexity index is 616. The molecule has 0 saturated heterocycles. The lowest BCUT2D eigenvalue weighted by atomic mass is 10.3. The minimum atomic E-state index is -2.97. The van der Waals surface area contributed by atoms with Crippen molar-refractivity contribution in [1.29, 1.82) is 0 Å². The van der Waals surface area contributed by atoms with Crippen LogP contribution in [0.15, 0.2) is 42.5 Å². The first-order valence-corrected chi connectivity index (χ1v) is 8.94. The summed E-state index contributed by atoms with van der Waals surface area (Å²) in [5.41, 5.74) is 0. The van der Waals surface area contributed by atoms with Crippen molar-refractivity contribution in [3.63, 3.8) is 0 Å². The Kier molecular flexibility index (Phi) is 5.65. The van der Waals surface area contributed by atoms with Crippen LogP contribution < -0.4 is 24.6 Å². The molecular formula is C17H22O5Si. The minimum Gasteiger partial charge on any atom is -0.496 e. The van der Waals surface area contributed by atoms with Gasteiger partial charge in [0.2, 0.25) is 0 Å². The van der Waals surface area contributed by atoms with Gasteiger partial charge in [-0.3, -0.25) is 0 Å². The molecule has 2 aromatic carbocycles. The Morgan fingerprint density at radius 3 is 1.61 bits per heavy atom. The summed E-state index contributed by atoms with van der Waals surface area (Å²) in [6.07, 6.45) is 0. The summed E-state index contributed by atoms with van der Waals surface area (Å²) in [6, 6.07) is 13.5. The first-order valence-electron chi connectivity index (χ1n) is 7.13. The van der Waals surface area contributed by atoms with Crippen molar-refractivity contribution >= 4 is 18.9 Å². The Balaban J connectivity index is 2.78. The van der Waals surface area contributed by atoms with Gasteiger partial charge < -0.3 is 23.1 Å². The Hall–Kier alpha value is -2.02. The van der Waals surface area contributed by atoms with E-state index in [-0.39, 0.29) is 0 Å². The van der Waals surface area contributed by atoms with Gasteiger partial charge in [-0.25, -0.2) is 0 Å². The fourth-order valence-corrected chi connectivity index (χ4v) is 5.62. The van der Waals surface area contributed by atoms with Crippen LogP contribution in [0.2, 0.25) is 0 Å². The molecule has 2 rings (SSSR count). The van der Waals surface area contributed by atoms with Crippen LogP contribution in [0.4, 0.5) is 0 Å². The van der Waals surface area contributed by atoms with Crippen LogP contribution in [-0.2, 0) is 8.85 Å². The highest BCUT2D eigenvalue weighted by molar-refractivity contribution is 6.93. The zero-order valence-corrected chi connectivity index (χ0v) is 15.1. The van der Waals surface area contributed by atoms with Gasteiger partial charge in [0, 0.05) is 26.4 Å². The second-order valence-electron chi connectivity index (χ2n) is 4.80. The third-order valence-corrected chi connectivity index (χ3v) is 7.17. The van der Waals surface area contributed by atoms with Crippen LogP contribution in [0.3, 0.4) is 0 Å². The lowest BCUT2D eigenvalue weighted by Gasteiger charge is -2.30. The van der Waals surface area contributed by atoms with Crippen LogP contribution in [0.25, 0.3) is 0 Å². The molecule has 0 saturated carbocycles. The van der Waals surface area contributed by atoms with E-state index in [4.69, 9.17) is 23.1 Å². The molecule has 0 aromatic heterocycles. The van der Waals surface area contributed by atoms with Crippen LogP contribution in [0.1, 0.15) is 0 Å². The first-order chi connectivity index (χ1) is 11.2. The first kappa shape index (κ1) is 17.3. The molecule has 124 valence electrons. The summed E-state index contributed by atoms with van der Waals surface area (Å²) in [5, 5.41) is 1.74. The number of ether oxygens (including phenoxy) is 3. The quantitative estimate of drug-likeness (QED) is 0.719. The predicted octanol–water partition coefficient (Wildman–Crippen LogP) is 1.56. The Labute approximate surface area is 138 Å². The average Bonchev–Trinajstić information content (AvgIpc) is 2.63. The third-order valence-electron chi connectivity index (χ3n) is 3.77. The molecule has 0 bridgehead atoms. The number of hydrogen-bond donors (Lipinski definition) is 0. The van der Waals surface area contributed by atoms with Crippen molar-refractivity contribution in [2.24, 2.45) is 0 Å². The van der Waals surface area contributed by atoms with Gasteiger partial charge in [-0.15, -0.1) is 0 Å². The van der Waals surface area contributed by atoms with E-state index in [2.05, 4.69) is 0 Å². The summed E-state index contributed by atoms with van der Waals surface area (Å²) in [5.74, 6) is 1.87. The summed E-state index contributed by atoms with van der Waals surface area (Å²) < 4.78 is 28.3. The van der Waals surface area contributed by atoms with Gasteiger partial charge in [0.15, 0.2) is 0 Å². The highest BCUT2D eigenvalue weighted by Gasteiger charge is 2.46. The molecule has 0 fully saturated rings. The van der Waals surface area contributed by atoms with Crippen molar-refractivity contribution < 1.29 is 23.1 Å². The van der Waals surface area contributed by atoms with Gasteiger partial charge in [-0.05, 0) is 5.19 Å². The molecule has 0 radical (unpaired) electrons. The molecule has 5 nitrogen and oxygen atoms in total. The molecule has 0 spiro atoms. The zero-order valence-electron chi connectivity index (χ0n) is 14.1. The number of benzene rings is 2. The van der Waals surface area contributed by atoms with Crippen LogP contribution in [-0.4, -0.2) is 44.1 Å².